The van der Waals surface area contributed by atoms with E-state index in [1.165, 1.54) is 6.26 Å². The second kappa shape index (κ2) is 3.93. The van der Waals surface area contributed by atoms with Gasteiger partial charge in [0.15, 0.2) is 0 Å². The third kappa shape index (κ3) is 3.62. The summed E-state index contributed by atoms with van der Waals surface area (Å²) in [5, 5.41) is 10.4. The van der Waals surface area contributed by atoms with Crippen LogP contribution in [0.15, 0.2) is 18.2 Å². The van der Waals surface area contributed by atoms with E-state index in [0.717, 1.165) is 18.2 Å². The van der Waals surface area contributed by atoms with Gasteiger partial charge in [-0.25, -0.2) is 8.60 Å². The van der Waals surface area contributed by atoms with Crippen LogP contribution in [0, 0.1) is 20.7 Å². The summed E-state index contributed by atoms with van der Waals surface area (Å²) in [7, 11) is -2.83. The third-order valence-corrected chi connectivity index (χ3v) is 2.48. The number of rotatable bonds is 3. The summed E-state index contributed by atoms with van der Waals surface area (Å²) in [6, 6.07) is 2.95. The molecule has 0 saturated heterocycles. The maximum Gasteiger partial charge on any atom is 0.272 e. The van der Waals surface area contributed by atoms with Gasteiger partial charge in [-0.15, -0.1) is 0 Å². The first kappa shape index (κ1) is 11.6. The van der Waals surface area contributed by atoms with Gasteiger partial charge in [-0.2, -0.15) is 0 Å². The molecule has 0 spiro atoms. The number of nitrogens with zero attached hydrogens (tertiary/aromatic N) is 1. The highest BCUT2D eigenvalue weighted by Gasteiger charge is 2.11. The molecule has 1 N–H and O–H groups in total. The fourth-order valence-corrected chi connectivity index (χ4v) is 1.94. The highest BCUT2D eigenvalue weighted by molar-refractivity contribution is 7.90. The van der Waals surface area contributed by atoms with E-state index in [4.69, 9.17) is 4.78 Å². The lowest BCUT2D eigenvalue weighted by Gasteiger charge is -2.01. The number of nitrogens with one attached hydrogen (secondary N) is 1. The Labute approximate surface area is 86.0 Å². The summed E-state index contributed by atoms with van der Waals surface area (Å²) in [5.41, 5.74) is -0.196. The summed E-state index contributed by atoms with van der Waals surface area (Å²) in [4.78, 5) is 9.66. The van der Waals surface area contributed by atoms with Gasteiger partial charge in [0.05, 0.1) is 16.7 Å². The first-order chi connectivity index (χ1) is 6.78. The molecule has 7 heteroatoms. The fourth-order valence-electron chi connectivity index (χ4n) is 1.14. The minimum atomic E-state index is -2.83. The maximum absolute atomic E-state index is 12.9. The van der Waals surface area contributed by atoms with Gasteiger partial charge >= 0.3 is 0 Å². The average molecular weight is 232 g/mol. The highest BCUT2D eigenvalue weighted by atomic mass is 32.2. The van der Waals surface area contributed by atoms with Gasteiger partial charge in [0.25, 0.3) is 5.69 Å². The summed E-state index contributed by atoms with van der Waals surface area (Å²) in [6.45, 7) is 0. The van der Waals surface area contributed by atoms with Crippen molar-refractivity contribution >= 4 is 15.4 Å². The van der Waals surface area contributed by atoms with Crippen LogP contribution in [0.5, 0.6) is 0 Å². The molecule has 15 heavy (non-hydrogen) atoms. The van der Waals surface area contributed by atoms with Gasteiger partial charge in [0.2, 0.25) is 0 Å². The Morgan fingerprint density at radius 2 is 2.13 bits per heavy atom. The highest BCUT2D eigenvalue weighted by Crippen LogP contribution is 2.17. The van der Waals surface area contributed by atoms with Crippen molar-refractivity contribution in [3.63, 3.8) is 0 Å². The second-order valence-electron chi connectivity index (χ2n) is 3.22. The fraction of sp³-hybridized carbons (Fsp3) is 0.250. The van der Waals surface area contributed by atoms with Crippen molar-refractivity contribution in [2.45, 2.75) is 5.75 Å². The van der Waals surface area contributed by atoms with E-state index in [2.05, 4.69) is 0 Å². The second-order valence-corrected chi connectivity index (χ2v) is 5.52. The SMILES string of the molecule is CS(=N)(=O)Cc1cc(F)cc([N+](=O)[O-])c1. The molecule has 0 radical (unpaired) electrons. The molecule has 82 valence electrons. The van der Waals surface area contributed by atoms with Gasteiger partial charge in [-0.3, -0.25) is 14.9 Å². The van der Waals surface area contributed by atoms with Crippen molar-refractivity contribution in [2.24, 2.45) is 0 Å². The molecule has 1 unspecified atom stereocenters. The number of hydrogen-bond donors (Lipinski definition) is 1. The van der Waals surface area contributed by atoms with Gasteiger partial charge in [-0.05, 0) is 11.6 Å². The van der Waals surface area contributed by atoms with E-state index in [0.29, 0.717) is 0 Å². The molecule has 1 aromatic rings. The smallest absolute Gasteiger partial charge is 0.258 e. The van der Waals surface area contributed by atoms with E-state index in [1.54, 1.807) is 0 Å². The van der Waals surface area contributed by atoms with Gasteiger partial charge in [0.1, 0.15) is 5.82 Å². The Morgan fingerprint density at radius 3 is 2.60 bits per heavy atom. The summed E-state index contributed by atoms with van der Waals surface area (Å²) < 4.78 is 31.2. The van der Waals surface area contributed by atoms with Crippen LogP contribution < -0.4 is 0 Å². The maximum atomic E-state index is 12.9. The van der Waals surface area contributed by atoms with Gasteiger partial charge in [-0.1, -0.05) is 0 Å². The van der Waals surface area contributed by atoms with Crippen LogP contribution >= 0.6 is 0 Å². The first-order valence-corrected chi connectivity index (χ1v) is 6.07. The molecule has 0 heterocycles. The van der Waals surface area contributed by atoms with E-state index in [-0.39, 0.29) is 11.3 Å². The van der Waals surface area contributed by atoms with E-state index < -0.39 is 26.2 Å². The van der Waals surface area contributed by atoms with Crippen molar-refractivity contribution in [3.05, 3.63) is 39.7 Å². The Hall–Kier alpha value is -1.50. The molecule has 5 nitrogen and oxygen atoms in total. The van der Waals surface area contributed by atoms with Crippen molar-refractivity contribution in [1.82, 2.24) is 0 Å². The normalized spacial score (nSPS) is 14.5. The van der Waals surface area contributed by atoms with E-state index >= 15 is 0 Å². The van der Waals surface area contributed by atoms with Gasteiger partial charge < -0.3 is 0 Å². The predicted molar refractivity (Wildman–Crippen MR) is 53.5 cm³/mol. The van der Waals surface area contributed by atoms with Crippen LogP contribution in [-0.2, 0) is 15.5 Å². The molecule has 0 aliphatic carbocycles. The molecule has 0 aliphatic heterocycles. The molecule has 1 aromatic carbocycles. The topological polar surface area (TPSA) is 84.1 Å². The summed E-state index contributed by atoms with van der Waals surface area (Å²) in [5.74, 6) is -0.950. The zero-order valence-corrected chi connectivity index (χ0v) is 8.71. The van der Waals surface area contributed by atoms with Crippen molar-refractivity contribution in [3.8, 4) is 0 Å². The van der Waals surface area contributed by atoms with E-state index in [9.17, 15) is 18.7 Å². The Kier molecular flexibility index (Phi) is 3.04. The third-order valence-electron chi connectivity index (χ3n) is 1.60. The number of benzene rings is 1. The zero-order chi connectivity index (χ0) is 11.6. The number of hydrogen-bond acceptors (Lipinski definition) is 4. The molecule has 0 bridgehead atoms. The molecule has 0 fully saturated rings. The van der Waals surface area contributed by atoms with Crippen LogP contribution in [0.4, 0.5) is 10.1 Å². The number of non-ortho nitro benzene ring substituents is 1. The van der Waals surface area contributed by atoms with Crippen molar-refractivity contribution in [1.29, 1.82) is 4.78 Å². The molecule has 0 aliphatic rings. The molecule has 0 aromatic heterocycles. The molecule has 0 amide bonds. The lowest BCUT2D eigenvalue weighted by molar-refractivity contribution is -0.385. The lowest BCUT2D eigenvalue weighted by atomic mass is 10.2. The molecule has 1 atom stereocenters. The largest absolute Gasteiger partial charge is 0.272 e. The molecular formula is C8H9FN2O3S. The standard InChI is InChI=1S/C8H9FN2O3S/c1-15(10,14)5-6-2-7(9)4-8(3-6)11(12)13/h2-4,10H,5H2,1H3. The summed E-state index contributed by atoms with van der Waals surface area (Å²) in [6.07, 6.45) is 1.20. The quantitative estimate of drug-likeness (QED) is 0.638. The minimum absolute atomic E-state index is 0.189. The first-order valence-electron chi connectivity index (χ1n) is 3.93. The number of nitro benzene ring substituents is 1. The number of halogens is 1. The molecule has 0 saturated carbocycles. The Morgan fingerprint density at radius 1 is 1.53 bits per heavy atom. The molecule has 1 rings (SSSR count). The number of nitro groups is 1. The predicted octanol–water partition coefficient (Wildman–Crippen LogP) is 1.91. The average Bonchev–Trinajstić information content (AvgIpc) is 1.99. The van der Waals surface area contributed by atoms with Gasteiger partial charge in [0, 0.05) is 22.1 Å². The van der Waals surface area contributed by atoms with Crippen LogP contribution in [-0.4, -0.2) is 15.4 Å². The Bertz CT molecular complexity index is 499. The van der Waals surface area contributed by atoms with Crippen LogP contribution in [0.3, 0.4) is 0 Å². The zero-order valence-electron chi connectivity index (χ0n) is 7.90. The van der Waals surface area contributed by atoms with Crippen LogP contribution in [0.1, 0.15) is 5.56 Å². The Balaban J connectivity index is 3.15. The lowest BCUT2D eigenvalue weighted by Crippen LogP contribution is -2.00. The minimum Gasteiger partial charge on any atom is -0.258 e. The molecular weight excluding hydrogens is 223 g/mol. The van der Waals surface area contributed by atoms with Crippen LogP contribution in [0.2, 0.25) is 0 Å². The van der Waals surface area contributed by atoms with E-state index in [1.807, 2.05) is 0 Å². The monoisotopic (exact) mass is 232 g/mol. The van der Waals surface area contributed by atoms with Crippen molar-refractivity contribution < 1.29 is 13.5 Å². The van der Waals surface area contributed by atoms with Crippen LogP contribution in [0.25, 0.3) is 0 Å². The van der Waals surface area contributed by atoms with Crippen molar-refractivity contribution in [2.75, 3.05) is 6.26 Å². The summed E-state index contributed by atoms with van der Waals surface area (Å²) >= 11 is 0.